The molecule has 66 valence electrons. The van der Waals surface area contributed by atoms with Gasteiger partial charge in [0.15, 0.2) is 0 Å². The van der Waals surface area contributed by atoms with Crippen molar-refractivity contribution in [2.24, 2.45) is 0 Å². The van der Waals surface area contributed by atoms with Crippen LogP contribution >= 0.6 is 0 Å². The molecular weight excluding hydrogens is 148 g/mol. The molecule has 0 aliphatic carbocycles. The number of carbonyl (C=O) groups is 1. The molecule has 0 radical (unpaired) electrons. The Kier molecular flexibility index (Phi) is 5.98. The lowest BCUT2D eigenvalue weighted by atomic mass is 10.1. The standard InChI is InChI=1S/C11H16O/c1-4-10(3)6-7-11(5-2)8-9-12/h5-7,9H,2,4,8H2,1,3H3/b10-6-,11-7+. The van der Waals surface area contributed by atoms with Crippen LogP contribution in [-0.4, -0.2) is 6.29 Å². The van der Waals surface area contributed by atoms with Gasteiger partial charge >= 0.3 is 0 Å². The Bertz CT molecular complexity index is 209. The van der Waals surface area contributed by atoms with Crippen LogP contribution in [0.5, 0.6) is 0 Å². The molecule has 0 aliphatic rings. The van der Waals surface area contributed by atoms with Crippen LogP contribution in [0, 0.1) is 0 Å². The van der Waals surface area contributed by atoms with E-state index in [0.717, 1.165) is 18.3 Å². The third-order valence-electron chi connectivity index (χ3n) is 1.72. The molecule has 1 nitrogen and oxygen atoms in total. The van der Waals surface area contributed by atoms with Crippen molar-refractivity contribution >= 4 is 6.29 Å². The topological polar surface area (TPSA) is 17.1 Å². The molecule has 1 heteroatoms. The van der Waals surface area contributed by atoms with E-state index in [9.17, 15) is 4.79 Å². The normalized spacial score (nSPS) is 12.8. The average molecular weight is 164 g/mol. The predicted molar refractivity (Wildman–Crippen MR) is 53.0 cm³/mol. The molecule has 0 atom stereocenters. The van der Waals surface area contributed by atoms with Gasteiger partial charge in [-0.15, -0.1) is 0 Å². The molecule has 0 amide bonds. The van der Waals surface area contributed by atoms with E-state index in [1.165, 1.54) is 5.57 Å². The minimum absolute atomic E-state index is 0.455. The minimum Gasteiger partial charge on any atom is -0.303 e. The highest BCUT2D eigenvalue weighted by molar-refractivity contribution is 5.56. The molecule has 0 N–H and O–H groups in total. The van der Waals surface area contributed by atoms with E-state index >= 15 is 0 Å². The first kappa shape index (κ1) is 10.9. The summed E-state index contributed by atoms with van der Waals surface area (Å²) >= 11 is 0. The molecule has 0 unspecified atom stereocenters. The van der Waals surface area contributed by atoms with E-state index in [0.29, 0.717) is 6.42 Å². The lowest BCUT2D eigenvalue weighted by Gasteiger charge is -1.93. The summed E-state index contributed by atoms with van der Waals surface area (Å²) in [6, 6.07) is 0. The number of carbonyl (C=O) groups excluding carboxylic acids is 1. The molecule has 0 saturated heterocycles. The zero-order valence-electron chi connectivity index (χ0n) is 7.84. The molecule has 0 spiro atoms. The SMILES string of the molecule is C=C/C(=C\C=C(\C)CC)CC=O. The molecule has 0 aromatic carbocycles. The molecule has 0 rings (SSSR count). The fourth-order valence-electron chi connectivity index (χ4n) is 0.683. The highest BCUT2D eigenvalue weighted by Crippen LogP contribution is 2.04. The van der Waals surface area contributed by atoms with Crippen LogP contribution in [0.3, 0.4) is 0 Å². The van der Waals surface area contributed by atoms with E-state index < -0.39 is 0 Å². The second-order valence-corrected chi connectivity index (χ2v) is 2.68. The quantitative estimate of drug-likeness (QED) is 0.451. The van der Waals surface area contributed by atoms with Gasteiger partial charge in [0.1, 0.15) is 6.29 Å². The van der Waals surface area contributed by atoms with Crippen LogP contribution in [0.2, 0.25) is 0 Å². The van der Waals surface area contributed by atoms with Gasteiger partial charge in [0.2, 0.25) is 0 Å². The summed E-state index contributed by atoms with van der Waals surface area (Å²) in [5, 5.41) is 0. The van der Waals surface area contributed by atoms with Crippen LogP contribution < -0.4 is 0 Å². The number of allylic oxidation sites excluding steroid dienone is 5. The third-order valence-corrected chi connectivity index (χ3v) is 1.72. The molecule has 0 aromatic heterocycles. The maximum atomic E-state index is 10.2. The summed E-state index contributed by atoms with van der Waals surface area (Å²) in [5.74, 6) is 0. The molecule has 0 heterocycles. The molecule has 0 aromatic rings. The lowest BCUT2D eigenvalue weighted by Crippen LogP contribution is -1.79. The molecule has 0 aliphatic heterocycles. The monoisotopic (exact) mass is 164 g/mol. The van der Waals surface area contributed by atoms with Crippen LogP contribution in [0.1, 0.15) is 26.7 Å². The van der Waals surface area contributed by atoms with Crippen molar-refractivity contribution in [2.45, 2.75) is 26.7 Å². The van der Waals surface area contributed by atoms with Crippen LogP contribution in [-0.2, 0) is 4.79 Å². The van der Waals surface area contributed by atoms with Gasteiger partial charge in [-0.3, -0.25) is 0 Å². The second-order valence-electron chi connectivity index (χ2n) is 2.68. The van der Waals surface area contributed by atoms with Crippen LogP contribution in [0.25, 0.3) is 0 Å². The molecule has 0 bridgehead atoms. The number of hydrogen-bond donors (Lipinski definition) is 0. The van der Waals surface area contributed by atoms with Crippen molar-refractivity contribution in [3.8, 4) is 0 Å². The van der Waals surface area contributed by atoms with Gasteiger partial charge < -0.3 is 4.79 Å². The molecule has 0 saturated carbocycles. The summed E-state index contributed by atoms with van der Waals surface area (Å²) in [6.45, 7) is 7.80. The minimum atomic E-state index is 0.455. The maximum absolute atomic E-state index is 10.2. The fraction of sp³-hybridized carbons (Fsp3) is 0.364. The summed E-state index contributed by atoms with van der Waals surface area (Å²) in [6.07, 6.45) is 8.08. The zero-order chi connectivity index (χ0) is 9.40. The van der Waals surface area contributed by atoms with E-state index in [1.807, 2.05) is 12.2 Å². The fourth-order valence-corrected chi connectivity index (χ4v) is 0.683. The van der Waals surface area contributed by atoms with E-state index in [4.69, 9.17) is 0 Å². The van der Waals surface area contributed by atoms with Crippen molar-refractivity contribution in [2.75, 3.05) is 0 Å². The van der Waals surface area contributed by atoms with Gasteiger partial charge in [-0.25, -0.2) is 0 Å². The van der Waals surface area contributed by atoms with E-state index in [-0.39, 0.29) is 0 Å². The summed E-state index contributed by atoms with van der Waals surface area (Å²) < 4.78 is 0. The summed E-state index contributed by atoms with van der Waals surface area (Å²) in [7, 11) is 0. The molecule has 0 fully saturated rings. The van der Waals surface area contributed by atoms with E-state index in [2.05, 4.69) is 20.4 Å². The Morgan fingerprint density at radius 2 is 2.08 bits per heavy atom. The van der Waals surface area contributed by atoms with Crippen LogP contribution in [0.4, 0.5) is 0 Å². The van der Waals surface area contributed by atoms with Crippen molar-refractivity contribution in [1.82, 2.24) is 0 Å². The van der Waals surface area contributed by atoms with Gasteiger partial charge in [-0.05, 0) is 18.9 Å². The van der Waals surface area contributed by atoms with Gasteiger partial charge in [0.25, 0.3) is 0 Å². The average Bonchev–Trinajstić information content (AvgIpc) is 2.11. The highest BCUT2D eigenvalue weighted by Gasteiger charge is 1.87. The van der Waals surface area contributed by atoms with Crippen molar-refractivity contribution < 1.29 is 4.79 Å². The third kappa shape index (κ3) is 4.67. The van der Waals surface area contributed by atoms with Gasteiger partial charge in [-0.1, -0.05) is 37.3 Å². The number of hydrogen-bond acceptors (Lipinski definition) is 1. The Labute approximate surface area is 74.5 Å². The Balaban J connectivity index is 4.28. The first-order chi connectivity index (χ1) is 5.74. The first-order valence-electron chi connectivity index (χ1n) is 4.17. The number of aldehydes is 1. The molecule has 12 heavy (non-hydrogen) atoms. The van der Waals surface area contributed by atoms with Gasteiger partial charge in [0, 0.05) is 6.42 Å². The zero-order valence-corrected chi connectivity index (χ0v) is 7.84. The van der Waals surface area contributed by atoms with Crippen molar-refractivity contribution in [3.63, 3.8) is 0 Å². The largest absolute Gasteiger partial charge is 0.303 e. The highest BCUT2D eigenvalue weighted by atomic mass is 16.1. The predicted octanol–water partition coefficient (Wildman–Crippen LogP) is 3.04. The Morgan fingerprint density at radius 1 is 1.42 bits per heavy atom. The smallest absolute Gasteiger partial charge is 0.124 e. The Hall–Kier alpha value is -1.11. The van der Waals surface area contributed by atoms with Gasteiger partial charge in [0.05, 0.1) is 0 Å². The van der Waals surface area contributed by atoms with Crippen molar-refractivity contribution in [3.05, 3.63) is 36.0 Å². The van der Waals surface area contributed by atoms with Gasteiger partial charge in [-0.2, -0.15) is 0 Å². The van der Waals surface area contributed by atoms with E-state index in [1.54, 1.807) is 6.08 Å². The lowest BCUT2D eigenvalue weighted by molar-refractivity contribution is -0.107. The summed E-state index contributed by atoms with van der Waals surface area (Å²) in [4.78, 5) is 10.2. The second kappa shape index (κ2) is 6.59. The number of rotatable bonds is 5. The van der Waals surface area contributed by atoms with Crippen molar-refractivity contribution in [1.29, 1.82) is 0 Å². The summed E-state index contributed by atoms with van der Waals surface area (Å²) in [5.41, 5.74) is 2.28. The van der Waals surface area contributed by atoms with Crippen LogP contribution in [0.15, 0.2) is 36.0 Å². The Morgan fingerprint density at radius 3 is 2.50 bits per heavy atom. The maximum Gasteiger partial charge on any atom is 0.124 e. The molecular formula is C11H16O. The first-order valence-corrected chi connectivity index (χ1v) is 4.17.